The average molecular weight is 333 g/mol. The first-order valence-electron chi connectivity index (χ1n) is 7.13. The fraction of sp³-hybridized carbons (Fsp3) is 0.312. The largest absolute Gasteiger partial charge is 0.481 e. The van der Waals surface area contributed by atoms with E-state index in [0.717, 1.165) is 11.1 Å². The van der Waals surface area contributed by atoms with Crippen LogP contribution in [0.4, 0.5) is 5.13 Å². The number of anilines is 1. The Morgan fingerprint density at radius 1 is 1.39 bits per heavy atom. The monoisotopic (exact) mass is 333 g/mol. The van der Waals surface area contributed by atoms with Gasteiger partial charge in [0.25, 0.3) is 5.91 Å². The van der Waals surface area contributed by atoms with Crippen LogP contribution in [0, 0.1) is 13.8 Å². The van der Waals surface area contributed by atoms with Gasteiger partial charge >= 0.3 is 0 Å². The van der Waals surface area contributed by atoms with Crippen LogP contribution in [-0.2, 0) is 16.0 Å². The highest BCUT2D eigenvalue weighted by atomic mass is 32.1. The van der Waals surface area contributed by atoms with Gasteiger partial charge in [-0.25, -0.2) is 4.98 Å². The lowest BCUT2D eigenvalue weighted by atomic mass is 10.1. The molecule has 0 radical (unpaired) electrons. The molecule has 23 heavy (non-hydrogen) atoms. The quantitative estimate of drug-likeness (QED) is 0.847. The normalized spacial score (nSPS) is 11.8. The van der Waals surface area contributed by atoms with Crippen LogP contribution in [0.2, 0.25) is 0 Å². The Kier molecular flexibility index (Phi) is 5.33. The van der Waals surface area contributed by atoms with Crippen LogP contribution in [0.25, 0.3) is 0 Å². The highest BCUT2D eigenvalue weighted by Gasteiger charge is 2.17. The number of aromatic nitrogens is 1. The molecule has 0 saturated carbocycles. The molecule has 0 bridgehead atoms. The van der Waals surface area contributed by atoms with E-state index in [1.54, 1.807) is 12.3 Å². The third-order valence-corrected chi connectivity index (χ3v) is 4.17. The zero-order chi connectivity index (χ0) is 17.0. The molecule has 0 aliphatic heterocycles. The molecular weight excluding hydrogens is 314 g/mol. The van der Waals surface area contributed by atoms with Crippen molar-refractivity contribution in [1.29, 1.82) is 0 Å². The Bertz CT molecular complexity index is 727. The van der Waals surface area contributed by atoms with E-state index >= 15 is 0 Å². The summed E-state index contributed by atoms with van der Waals surface area (Å²) in [6.07, 6.45) is -0.611. The lowest BCUT2D eigenvalue weighted by Gasteiger charge is -2.16. The van der Waals surface area contributed by atoms with Crippen LogP contribution in [0.5, 0.6) is 5.75 Å². The number of amides is 2. The van der Waals surface area contributed by atoms with Gasteiger partial charge in [0, 0.05) is 5.38 Å². The molecule has 0 aliphatic carbocycles. The summed E-state index contributed by atoms with van der Waals surface area (Å²) in [6, 6.07) is 5.71. The summed E-state index contributed by atoms with van der Waals surface area (Å²) < 4.78 is 5.72. The second kappa shape index (κ2) is 7.23. The Labute approximate surface area is 138 Å². The van der Waals surface area contributed by atoms with E-state index in [1.165, 1.54) is 11.3 Å². The van der Waals surface area contributed by atoms with Crippen LogP contribution in [0.3, 0.4) is 0 Å². The van der Waals surface area contributed by atoms with Gasteiger partial charge in [0.1, 0.15) is 5.75 Å². The first-order valence-corrected chi connectivity index (χ1v) is 8.01. The number of nitrogens with two attached hydrogens (primary N) is 1. The van der Waals surface area contributed by atoms with Crippen LogP contribution >= 0.6 is 11.3 Å². The van der Waals surface area contributed by atoms with Crippen molar-refractivity contribution in [2.24, 2.45) is 5.73 Å². The summed E-state index contributed by atoms with van der Waals surface area (Å²) in [5.74, 6) is -0.0770. The molecule has 1 aromatic heterocycles. The van der Waals surface area contributed by atoms with Crippen molar-refractivity contribution in [3.05, 3.63) is 40.4 Å². The van der Waals surface area contributed by atoms with Crippen molar-refractivity contribution in [2.45, 2.75) is 33.3 Å². The first kappa shape index (κ1) is 17.0. The summed E-state index contributed by atoms with van der Waals surface area (Å²) in [4.78, 5) is 27.2. The van der Waals surface area contributed by atoms with Crippen molar-refractivity contribution in [3.63, 3.8) is 0 Å². The molecule has 7 heteroatoms. The number of hydrogen-bond acceptors (Lipinski definition) is 5. The summed E-state index contributed by atoms with van der Waals surface area (Å²) in [7, 11) is 0. The SMILES string of the molecule is Cc1cccc(OC(C)C(=O)Nc2nc(CC(N)=O)cs2)c1C. The Morgan fingerprint density at radius 2 is 2.13 bits per heavy atom. The smallest absolute Gasteiger partial charge is 0.266 e. The van der Waals surface area contributed by atoms with Crippen LogP contribution in [0.1, 0.15) is 23.7 Å². The fourth-order valence-electron chi connectivity index (χ4n) is 1.93. The number of aryl methyl sites for hydroxylation is 1. The van der Waals surface area contributed by atoms with Gasteiger partial charge in [0.05, 0.1) is 12.1 Å². The van der Waals surface area contributed by atoms with Crippen LogP contribution in [-0.4, -0.2) is 22.9 Å². The molecule has 2 rings (SSSR count). The number of thiazole rings is 1. The summed E-state index contributed by atoms with van der Waals surface area (Å²) in [6.45, 7) is 5.62. The van der Waals surface area contributed by atoms with Crippen LogP contribution < -0.4 is 15.8 Å². The Balaban J connectivity index is 1.98. The molecule has 0 fully saturated rings. The maximum Gasteiger partial charge on any atom is 0.266 e. The number of carbonyl (C=O) groups is 2. The summed E-state index contributed by atoms with van der Waals surface area (Å²) >= 11 is 1.24. The maximum absolute atomic E-state index is 12.2. The van der Waals surface area contributed by atoms with Crippen molar-refractivity contribution >= 4 is 28.3 Å². The predicted molar refractivity (Wildman–Crippen MR) is 89.6 cm³/mol. The fourth-order valence-corrected chi connectivity index (χ4v) is 2.64. The van der Waals surface area contributed by atoms with E-state index in [0.29, 0.717) is 16.6 Å². The van der Waals surface area contributed by atoms with Gasteiger partial charge in [-0.2, -0.15) is 0 Å². The van der Waals surface area contributed by atoms with Crippen molar-refractivity contribution in [2.75, 3.05) is 5.32 Å². The lowest BCUT2D eigenvalue weighted by molar-refractivity contribution is -0.122. The highest BCUT2D eigenvalue weighted by molar-refractivity contribution is 7.13. The molecule has 1 unspecified atom stereocenters. The molecule has 3 N–H and O–H groups in total. The first-order chi connectivity index (χ1) is 10.9. The van der Waals surface area contributed by atoms with Gasteiger partial charge in [-0.3, -0.25) is 14.9 Å². The van der Waals surface area contributed by atoms with E-state index < -0.39 is 12.0 Å². The molecule has 0 spiro atoms. The highest BCUT2D eigenvalue weighted by Crippen LogP contribution is 2.22. The summed E-state index contributed by atoms with van der Waals surface area (Å²) in [5.41, 5.74) is 7.76. The van der Waals surface area contributed by atoms with Gasteiger partial charge < -0.3 is 10.5 Å². The van der Waals surface area contributed by atoms with E-state index in [9.17, 15) is 9.59 Å². The van der Waals surface area contributed by atoms with Crippen molar-refractivity contribution in [1.82, 2.24) is 4.98 Å². The molecule has 2 amide bonds. The minimum Gasteiger partial charge on any atom is -0.481 e. The molecule has 1 atom stereocenters. The summed E-state index contributed by atoms with van der Waals surface area (Å²) in [5, 5.41) is 4.79. The second-order valence-corrected chi connectivity index (χ2v) is 6.09. The molecule has 1 aromatic carbocycles. The molecule has 1 heterocycles. The van der Waals surface area contributed by atoms with Gasteiger partial charge in [0.2, 0.25) is 5.91 Å². The number of hydrogen-bond donors (Lipinski definition) is 2. The predicted octanol–water partition coefficient (Wildman–Crippen LogP) is 2.19. The zero-order valence-electron chi connectivity index (χ0n) is 13.3. The topological polar surface area (TPSA) is 94.3 Å². The minimum absolute atomic E-state index is 0.0565. The number of nitrogens with one attached hydrogen (secondary N) is 1. The number of benzene rings is 1. The number of rotatable bonds is 6. The van der Waals surface area contributed by atoms with E-state index in [-0.39, 0.29) is 12.3 Å². The number of nitrogens with zero attached hydrogens (tertiary/aromatic N) is 1. The number of primary amides is 1. The van der Waals surface area contributed by atoms with Gasteiger partial charge in [-0.05, 0) is 38.0 Å². The van der Waals surface area contributed by atoms with E-state index in [2.05, 4.69) is 10.3 Å². The second-order valence-electron chi connectivity index (χ2n) is 5.23. The van der Waals surface area contributed by atoms with Crippen molar-refractivity contribution in [3.8, 4) is 5.75 Å². The Hall–Kier alpha value is -2.41. The molecule has 0 saturated heterocycles. The van der Waals surface area contributed by atoms with Gasteiger partial charge in [-0.15, -0.1) is 11.3 Å². The van der Waals surface area contributed by atoms with Gasteiger partial charge in [-0.1, -0.05) is 12.1 Å². The lowest BCUT2D eigenvalue weighted by Crippen LogP contribution is -2.30. The number of ether oxygens (including phenoxy) is 1. The standard InChI is InChI=1S/C16H19N3O3S/c1-9-5-4-6-13(10(9)2)22-11(3)15(21)19-16-18-12(8-23-16)7-14(17)20/h4-6,8,11H,7H2,1-3H3,(H2,17,20)(H,18,19,21). The molecule has 122 valence electrons. The maximum atomic E-state index is 12.2. The third-order valence-electron chi connectivity index (χ3n) is 3.37. The van der Waals surface area contributed by atoms with Gasteiger partial charge in [0.15, 0.2) is 11.2 Å². The Morgan fingerprint density at radius 3 is 2.83 bits per heavy atom. The average Bonchev–Trinajstić information content (AvgIpc) is 2.90. The number of carbonyl (C=O) groups excluding carboxylic acids is 2. The molecular formula is C16H19N3O3S. The van der Waals surface area contributed by atoms with Crippen LogP contribution in [0.15, 0.2) is 23.6 Å². The molecule has 0 aliphatic rings. The third kappa shape index (κ3) is 4.53. The molecule has 2 aromatic rings. The zero-order valence-corrected chi connectivity index (χ0v) is 14.1. The molecule has 6 nitrogen and oxygen atoms in total. The van der Waals surface area contributed by atoms with E-state index in [4.69, 9.17) is 10.5 Å². The van der Waals surface area contributed by atoms with Crippen molar-refractivity contribution < 1.29 is 14.3 Å². The minimum atomic E-state index is -0.668. The van der Waals surface area contributed by atoms with E-state index in [1.807, 2.05) is 32.0 Å².